The first-order valence-corrected chi connectivity index (χ1v) is 3.85. The van der Waals surface area contributed by atoms with Gasteiger partial charge in [0.25, 0.3) is 0 Å². The van der Waals surface area contributed by atoms with Gasteiger partial charge in [-0.1, -0.05) is 11.6 Å². The highest BCUT2D eigenvalue weighted by atomic mass is 35.5. The number of benzene rings is 1. The third kappa shape index (κ3) is 2.06. The Morgan fingerprint density at radius 2 is 2.31 bits per heavy atom. The zero-order valence-corrected chi connectivity index (χ0v) is 7.59. The van der Waals surface area contributed by atoms with Crippen LogP contribution in [-0.2, 0) is 4.79 Å². The highest BCUT2D eigenvalue weighted by Crippen LogP contribution is 2.29. The SMILES string of the molecule is Cc1cc(Cl)c(NO)cc1N=C=O. The van der Waals surface area contributed by atoms with Gasteiger partial charge in [0.1, 0.15) is 0 Å². The molecule has 68 valence electrons. The van der Waals surface area contributed by atoms with Crippen LogP contribution in [0.25, 0.3) is 0 Å². The van der Waals surface area contributed by atoms with Crippen molar-refractivity contribution in [2.24, 2.45) is 4.99 Å². The largest absolute Gasteiger partial charge is 0.291 e. The molecule has 0 heterocycles. The van der Waals surface area contributed by atoms with Gasteiger partial charge in [-0.15, -0.1) is 0 Å². The number of anilines is 1. The first-order valence-electron chi connectivity index (χ1n) is 3.47. The molecule has 5 heteroatoms. The number of carbonyl (C=O) groups excluding carboxylic acids is 1. The van der Waals surface area contributed by atoms with Crippen molar-refractivity contribution in [3.8, 4) is 0 Å². The fourth-order valence-corrected chi connectivity index (χ4v) is 1.18. The molecule has 1 aromatic rings. The minimum absolute atomic E-state index is 0.307. The quantitative estimate of drug-likeness (QED) is 0.436. The second-order valence-corrected chi connectivity index (χ2v) is 2.84. The number of nitrogens with zero attached hydrogens (tertiary/aromatic N) is 1. The first-order chi connectivity index (χ1) is 6.19. The molecule has 0 saturated carbocycles. The van der Waals surface area contributed by atoms with Crippen LogP contribution in [0.3, 0.4) is 0 Å². The van der Waals surface area contributed by atoms with Crippen molar-refractivity contribution in [2.45, 2.75) is 6.92 Å². The Hall–Kier alpha value is -1.35. The van der Waals surface area contributed by atoms with Crippen molar-refractivity contribution < 1.29 is 10.0 Å². The van der Waals surface area contributed by atoms with E-state index in [-0.39, 0.29) is 0 Å². The van der Waals surface area contributed by atoms with Gasteiger partial charge in [-0.25, -0.2) is 4.79 Å². The fourth-order valence-electron chi connectivity index (χ4n) is 0.917. The van der Waals surface area contributed by atoms with Gasteiger partial charge in [-0.2, -0.15) is 4.99 Å². The van der Waals surface area contributed by atoms with Gasteiger partial charge in [0.15, 0.2) is 0 Å². The molecule has 0 aromatic heterocycles. The van der Waals surface area contributed by atoms with Crippen LogP contribution in [0, 0.1) is 6.92 Å². The number of hydrogen-bond acceptors (Lipinski definition) is 4. The van der Waals surface area contributed by atoms with E-state index in [9.17, 15) is 4.79 Å². The van der Waals surface area contributed by atoms with Gasteiger partial charge in [-0.05, 0) is 24.6 Å². The third-order valence-electron chi connectivity index (χ3n) is 1.57. The molecule has 0 aliphatic rings. The maximum Gasteiger partial charge on any atom is 0.240 e. The molecular formula is C8H7ClN2O2. The predicted molar refractivity (Wildman–Crippen MR) is 49.4 cm³/mol. The van der Waals surface area contributed by atoms with Gasteiger partial charge < -0.3 is 0 Å². The van der Waals surface area contributed by atoms with Crippen molar-refractivity contribution in [1.29, 1.82) is 0 Å². The molecule has 0 aliphatic heterocycles. The van der Waals surface area contributed by atoms with Crippen LogP contribution in [0.5, 0.6) is 0 Å². The third-order valence-corrected chi connectivity index (χ3v) is 1.88. The lowest BCUT2D eigenvalue weighted by atomic mass is 10.2. The summed E-state index contributed by atoms with van der Waals surface area (Å²) in [6.45, 7) is 1.75. The number of nitrogens with one attached hydrogen (secondary N) is 1. The number of rotatable bonds is 2. The Kier molecular flexibility index (Phi) is 3.03. The zero-order valence-electron chi connectivity index (χ0n) is 6.84. The summed E-state index contributed by atoms with van der Waals surface area (Å²) >= 11 is 5.74. The van der Waals surface area contributed by atoms with E-state index in [1.165, 1.54) is 12.1 Å². The van der Waals surface area contributed by atoms with Crippen LogP contribution in [-0.4, -0.2) is 11.3 Å². The van der Waals surface area contributed by atoms with Crippen molar-refractivity contribution in [2.75, 3.05) is 5.48 Å². The van der Waals surface area contributed by atoms with Gasteiger partial charge in [0, 0.05) is 0 Å². The van der Waals surface area contributed by atoms with E-state index in [1.807, 2.05) is 5.48 Å². The highest BCUT2D eigenvalue weighted by molar-refractivity contribution is 6.33. The van der Waals surface area contributed by atoms with E-state index >= 15 is 0 Å². The summed E-state index contributed by atoms with van der Waals surface area (Å²) in [5.41, 5.74) is 3.38. The standard InChI is InChI=1S/C8H7ClN2O2/c1-5-2-6(9)8(11-13)3-7(5)10-4-12/h2-3,11,13H,1H3. The second kappa shape index (κ2) is 4.05. The van der Waals surface area contributed by atoms with Crippen LogP contribution >= 0.6 is 11.6 Å². The Morgan fingerprint density at radius 3 is 2.85 bits per heavy atom. The van der Waals surface area contributed by atoms with E-state index < -0.39 is 0 Å². The van der Waals surface area contributed by atoms with Crippen molar-refractivity contribution >= 4 is 29.1 Å². The van der Waals surface area contributed by atoms with Crippen LogP contribution in [0.1, 0.15) is 5.56 Å². The van der Waals surface area contributed by atoms with Gasteiger partial charge >= 0.3 is 0 Å². The second-order valence-electron chi connectivity index (χ2n) is 2.43. The van der Waals surface area contributed by atoms with Crippen molar-refractivity contribution in [1.82, 2.24) is 0 Å². The Morgan fingerprint density at radius 1 is 1.62 bits per heavy atom. The summed E-state index contributed by atoms with van der Waals surface area (Å²) in [6, 6.07) is 3.05. The van der Waals surface area contributed by atoms with Crippen LogP contribution in [0.2, 0.25) is 5.02 Å². The molecule has 0 atom stereocenters. The molecule has 0 amide bonds. The summed E-state index contributed by atoms with van der Waals surface area (Å²) in [5, 5.41) is 8.99. The topological polar surface area (TPSA) is 61.7 Å². The number of isocyanates is 1. The maximum atomic E-state index is 10.0. The lowest BCUT2D eigenvalue weighted by Gasteiger charge is -2.04. The molecule has 0 aliphatic carbocycles. The van der Waals surface area contributed by atoms with E-state index in [1.54, 1.807) is 13.0 Å². The molecule has 13 heavy (non-hydrogen) atoms. The minimum Gasteiger partial charge on any atom is -0.291 e. The van der Waals surface area contributed by atoms with Crippen LogP contribution < -0.4 is 5.48 Å². The summed E-state index contributed by atoms with van der Waals surface area (Å²) in [6.07, 6.45) is 1.42. The molecular weight excluding hydrogens is 192 g/mol. The lowest BCUT2D eigenvalue weighted by Crippen LogP contribution is -1.90. The van der Waals surface area contributed by atoms with E-state index in [0.717, 1.165) is 5.56 Å². The molecule has 0 radical (unpaired) electrons. The predicted octanol–water partition coefficient (Wildman–Crippen LogP) is 2.42. The fraction of sp³-hybridized carbons (Fsp3) is 0.125. The van der Waals surface area contributed by atoms with Crippen molar-refractivity contribution in [3.63, 3.8) is 0 Å². The molecule has 0 spiro atoms. The van der Waals surface area contributed by atoms with E-state index in [2.05, 4.69) is 4.99 Å². The molecule has 1 aromatic carbocycles. The monoisotopic (exact) mass is 198 g/mol. The first kappa shape index (κ1) is 9.74. The highest BCUT2D eigenvalue weighted by Gasteiger charge is 2.04. The van der Waals surface area contributed by atoms with Crippen molar-refractivity contribution in [3.05, 3.63) is 22.7 Å². The van der Waals surface area contributed by atoms with Gasteiger partial charge in [0.2, 0.25) is 6.08 Å². The van der Waals surface area contributed by atoms with E-state index in [0.29, 0.717) is 16.4 Å². The molecule has 0 saturated heterocycles. The Bertz CT molecular complexity index is 373. The molecule has 0 fully saturated rings. The minimum atomic E-state index is 0.307. The van der Waals surface area contributed by atoms with Gasteiger partial charge in [-0.3, -0.25) is 10.7 Å². The lowest BCUT2D eigenvalue weighted by molar-refractivity contribution is 0.389. The zero-order chi connectivity index (χ0) is 9.84. The average Bonchev–Trinajstić information content (AvgIpc) is 2.10. The van der Waals surface area contributed by atoms with E-state index in [4.69, 9.17) is 16.8 Å². The normalized spacial score (nSPS) is 9.15. The summed E-state index contributed by atoms with van der Waals surface area (Å²) in [7, 11) is 0. The summed E-state index contributed by atoms with van der Waals surface area (Å²) in [4.78, 5) is 13.4. The summed E-state index contributed by atoms with van der Waals surface area (Å²) < 4.78 is 0. The van der Waals surface area contributed by atoms with Crippen LogP contribution in [0.15, 0.2) is 17.1 Å². The molecule has 2 N–H and O–H groups in total. The number of halogens is 1. The van der Waals surface area contributed by atoms with Crippen LogP contribution in [0.4, 0.5) is 11.4 Å². The average molecular weight is 199 g/mol. The molecule has 4 nitrogen and oxygen atoms in total. The number of aliphatic imine (C=N–C) groups is 1. The Labute approximate surface area is 79.8 Å². The van der Waals surface area contributed by atoms with Gasteiger partial charge in [0.05, 0.1) is 16.4 Å². The number of aryl methyl sites for hydroxylation is 1. The Balaban J connectivity index is 3.29. The smallest absolute Gasteiger partial charge is 0.240 e. The molecule has 0 bridgehead atoms. The summed E-state index contributed by atoms with van der Waals surface area (Å²) in [5.74, 6) is 0. The molecule has 1 rings (SSSR count). The molecule has 0 unspecified atom stereocenters. The number of hydrogen-bond donors (Lipinski definition) is 2. The maximum absolute atomic E-state index is 10.0.